The number of nitrogens with zero attached hydrogens (tertiary/aromatic N) is 2. The van der Waals surface area contributed by atoms with Crippen molar-refractivity contribution < 1.29 is 18.8 Å². The predicted molar refractivity (Wildman–Crippen MR) is 118 cm³/mol. The lowest BCUT2D eigenvalue weighted by atomic mass is 9.88. The van der Waals surface area contributed by atoms with Crippen molar-refractivity contribution in [1.29, 1.82) is 0 Å². The molecule has 0 bridgehead atoms. The van der Waals surface area contributed by atoms with Gasteiger partial charge in [0.15, 0.2) is 11.5 Å². The zero-order valence-electron chi connectivity index (χ0n) is 18.1. The minimum atomic E-state index is -0.294. The van der Waals surface area contributed by atoms with Gasteiger partial charge in [-0.1, -0.05) is 42.6 Å². The second-order valence-corrected chi connectivity index (χ2v) is 7.87. The summed E-state index contributed by atoms with van der Waals surface area (Å²) in [6.07, 6.45) is 7.68. The summed E-state index contributed by atoms with van der Waals surface area (Å²) in [5.74, 6) is 1.19. The van der Waals surface area contributed by atoms with Crippen molar-refractivity contribution in [3.05, 3.63) is 60.0 Å². The monoisotopic (exact) mass is 425 g/mol. The summed E-state index contributed by atoms with van der Waals surface area (Å²) in [5.41, 5.74) is 1.32. The Balaban J connectivity index is 1.51. The second kappa shape index (κ2) is 11.3. The third-order valence-electron chi connectivity index (χ3n) is 5.61. The molecule has 1 fully saturated rings. The number of hydrogen-bond acceptors (Lipinski definition) is 5. The zero-order valence-corrected chi connectivity index (χ0v) is 18.1. The number of aromatic nitrogens is 1. The average molecular weight is 426 g/mol. The van der Waals surface area contributed by atoms with E-state index in [1.807, 2.05) is 24.3 Å². The summed E-state index contributed by atoms with van der Waals surface area (Å²) in [7, 11) is 1.63. The van der Waals surface area contributed by atoms with Gasteiger partial charge in [-0.2, -0.15) is 0 Å². The molecule has 0 unspecified atom stereocenters. The molecular formula is C24H31N3O4. The summed E-state index contributed by atoms with van der Waals surface area (Å²) in [6, 6.07) is 9.33. The molecule has 0 aliphatic heterocycles. The first-order valence-corrected chi connectivity index (χ1v) is 10.9. The van der Waals surface area contributed by atoms with Crippen molar-refractivity contribution >= 4 is 11.8 Å². The van der Waals surface area contributed by atoms with Crippen LogP contribution in [0.3, 0.4) is 0 Å². The molecule has 166 valence electrons. The van der Waals surface area contributed by atoms with Gasteiger partial charge in [-0.3, -0.25) is 9.59 Å². The van der Waals surface area contributed by atoms with E-state index in [2.05, 4.69) is 17.1 Å². The van der Waals surface area contributed by atoms with Crippen LogP contribution in [0, 0.1) is 5.92 Å². The quantitative estimate of drug-likeness (QED) is 0.586. The highest BCUT2D eigenvalue weighted by Crippen LogP contribution is 2.26. The average Bonchev–Trinajstić information content (AvgIpc) is 3.28. The Bertz CT molecular complexity index is 869. The highest BCUT2D eigenvalue weighted by Gasteiger charge is 2.26. The Kier molecular flexibility index (Phi) is 8.27. The Hall–Kier alpha value is -3.09. The third kappa shape index (κ3) is 6.44. The molecule has 3 rings (SSSR count). The van der Waals surface area contributed by atoms with Crippen LogP contribution in [0.15, 0.2) is 47.5 Å². The van der Waals surface area contributed by atoms with E-state index < -0.39 is 0 Å². The molecule has 1 N–H and O–H groups in total. The Morgan fingerprint density at radius 3 is 2.68 bits per heavy atom. The fourth-order valence-corrected chi connectivity index (χ4v) is 3.88. The first-order chi connectivity index (χ1) is 15.1. The molecule has 2 aromatic rings. The van der Waals surface area contributed by atoms with Crippen molar-refractivity contribution in [3.8, 4) is 5.75 Å². The maximum atomic E-state index is 12.9. The van der Waals surface area contributed by atoms with Gasteiger partial charge in [0.2, 0.25) is 5.91 Å². The van der Waals surface area contributed by atoms with Gasteiger partial charge in [0, 0.05) is 25.1 Å². The highest BCUT2D eigenvalue weighted by atomic mass is 16.5. The molecule has 1 aromatic carbocycles. The van der Waals surface area contributed by atoms with Gasteiger partial charge >= 0.3 is 0 Å². The van der Waals surface area contributed by atoms with E-state index in [-0.39, 0.29) is 30.0 Å². The van der Waals surface area contributed by atoms with E-state index in [1.165, 1.54) is 6.42 Å². The third-order valence-corrected chi connectivity index (χ3v) is 5.61. The molecule has 1 aliphatic carbocycles. The Morgan fingerprint density at radius 2 is 2.00 bits per heavy atom. The van der Waals surface area contributed by atoms with Crippen molar-refractivity contribution in [2.75, 3.05) is 20.2 Å². The lowest BCUT2D eigenvalue weighted by molar-refractivity contribution is -0.136. The number of hydrogen-bond donors (Lipinski definition) is 1. The van der Waals surface area contributed by atoms with Gasteiger partial charge in [0.1, 0.15) is 5.75 Å². The summed E-state index contributed by atoms with van der Waals surface area (Å²) < 4.78 is 10.5. The van der Waals surface area contributed by atoms with Crippen LogP contribution in [-0.4, -0.2) is 42.1 Å². The van der Waals surface area contributed by atoms with Gasteiger partial charge in [-0.15, -0.1) is 6.58 Å². The van der Waals surface area contributed by atoms with Crippen LogP contribution in [0.25, 0.3) is 0 Å². The van der Waals surface area contributed by atoms with E-state index >= 15 is 0 Å². The van der Waals surface area contributed by atoms with E-state index in [9.17, 15) is 9.59 Å². The summed E-state index contributed by atoms with van der Waals surface area (Å²) in [5, 5.41) is 6.74. The maximum absolute atomic E-state index is 12.9. The molecular weight excluding hydrogens is 394 g/mol. The molecule has 1 saturated carbocycles. The van der Waals surface area contributed by atoms with E-state index in [0.717, 1.165) is 37.0 Å². The van der Waals surface area contributed by atoms with Gasteiger partial charge in [-0.25, -0.2) is 0 Å². The van der Waals surface area contributed by atoms with E-state index in [0.29, 0.717) is 25.3 Å². The molecule has 7 nitrogen and oxygen atoms in total. The molecule has 1 aliphatic rings. The van der Waals surface area contributed by atoms with Crippen LogP contribution in [0.1, 0.15) is 53.9 Å². The second-order valence-electron chi connectivity index (χ2n) is 7.87. The molecule has 31 heavy (non-hydrogen) atoms. The normalized spacial score (nSPS) is 14.1. The minimum absolute atomic E-state index is 0.0670. The first-order valence-electron chi connectivity index (χ1n) is 10.9. The van der Waals surface area contributed by atoms with E-state index in [4.69, 9.17) is 9.26 Å². The first kappa shape index (κ1) is 22.6. The number of benzene rings is 1. The van der Waals surface area contributed by atoms with Gasteiger partial charge in [0.05, 0.1) is 13.7 Å². The largest absolute Gasteiger partial charge is 0.497 e. The number of ether oxygens (including phenoxy) is 1. The fourth-order valence-electron chi connectivity index (χ4n) is 3.88. The van der Waals surface area contributed by atoms with Crippen LogP contribution in [0.2, 0.25) is 0 Å². The summed E-state index contributed by atoms with van der Waals surface area (Å²) >= 11 is 0. The van der Waals surface area contributed by atoms with Crippen LogP contribution in [0.4, 0.5) is 0 Å². The molecule has 2 amide bonds. The molecule has 0 atom stereocenters. The SMILES string of the molecule is C=CCN(Cc1cc(C(=O)NCCc2ccc(OC)cc2)no1)C(=O)C1CCCCC1. The molecule has 0 saturated heterocycles. The number of rotatable bonds is 10. The molecule has 0 spiro atoms. The zero-order chi connectivity index (χ0) is 22.1. The fraction of sp³-hybridized carbons (Fsp3) is 0.458. The van der Waals surface area contributed by atoms with E-state index in [1.54, 1.807) is 24.2 Å². The van der Waals surface area contributed by atoms with Crippen molar-refractivity contribution in [2.24, 2.45) is 5.92 Å². The van der Waals surface area contributed by atoms with Crippen molar-refractivity contribution in [3.63, 3.8) is 0 Å². The molecule has 7 heteroatoms. The van der Waals surface area contributed by atoms with Crippen LogP contribution in [0.5, 0.6) is 5.75 Å². The molecule has 0 radical (unpaired) electrons. The lowest BCUT2D eigenvalue weighted by Crippen LogP contribution is -2.36. The number of carbonyl (C=O) groups is 2. The smallest absolute Gasteiger partial charge is 0.273 e. The van der Waals surface area contributed by atoms with Gasteiger partial charge in [0.25, 0.3) is 5.91 Å². The van der Waals surface area contributed by atoms with Crippen LogP contribution in [-0.2, 0) is 17.8 Å². The van der Waals surface area contributed by atoms with Crippen LogP contribution >= 0.6 is 0 Å². The number of methoxy groups -OCH3 is 1. The number of amides is 2. The van der Waals surface area contributed by atoms with Crippen LogP contribution < -0.4 is 10.1 Å². The Morgan fingerprint density at radius 1 is 1.26 bits per heavy atom. The van der Waals surface area contributed by atoms with Gasteiger partial charge < -0.3 is 19.5 Å². The Labute approximate surface area is 183 Å². The lowest BCUT2D eigenvalue weighted by Gasteiger charge is -2.27. The molecule has 1 aromatic heterocycles. The number of carbonyl (C=O) groups excluding carboxylic acids is 2. The standard InChI is InChI=1S/C24H31N3O4/c1-3-15-27(24(29)19-7-5-4-6-8-19)17-21-16-22(26-31-21)23(28)25-14-13-18-9-11-20(30-2)12-10-18/h3,9-12,16,19H,1,4-8,13-15,17H2,2H3,(H,25,28). The summed E-state index contributed by atoms with van der Waals surface area (Å²) in [6.45, 7) is 4.97. The topological polar surface area (TPSA) is 84.7 Å². The summed E-state index contributed by atoms with van der Waals surface area (Å²) in [4.78, 5) is 27.0. The van der Waals surface area contributed by atoms with Crippen molar-refractivity contribution in [2.45, 2.75) is 45.1 Å². The number of nitrogens with one attached hydrogen (secondary N) is 1. The highest BCUT2D eigenvalue weighted by molar-refractivity contribution is 5.92. The molecule has 1 heterocycles. The van der Waals surface area contributed by atoms with Crippen molar-refractivity contribution in [1.82, 2.24) is 15.4 Å². The predicted octanol–water partition coefficient (Wildman–Crippen LogP) is 3.75. The maximum Gasteiger partial charge on any atom is 0.273 e. The minimum Gasteiger partial charge on any atom is -0.497 e. The van der Waals surface area contributed by atoms with Gasteiger partial charge in [-0.05, 0) is 37.0 Å².